The summed E-state index contributed by atoms with van der Waals surface area (Å²) in [6.45, 7) is 0.852. The molecule has 1 atom stereocenters. The third kappa shape index (κ3) is 5.06. The molecule has 136 valence electrons. The number of nitrogens with zero attached hydrogens (tertiary/aromatic N) is 1. The van der Waals surface area contributed by atoms with Crippen LogP contribution in [0.1, 0.15) is 28.3 Å². The second-order valence-electron chi connectivity index (χ2n) is 5.74. The number of esters is 1. The third-order valence-corrected chi connectivity index (χ3v) is 3.79. The first-order valence-electron chi connectivity index (χ1n) is 8.06. The Kier molecular flexibility index (Phi) is 7.15. The largest absolute Gasteiger partial charge is 0.467 e. The Bertz CT molecular complexity index is 757. The molecule has 0 saturated carbocycles. The van der Waals surface area contributed by atoms with Crippen LogP contribution in [0.4, 0.5) is 5.69 Å². The number of carbonyl (C=O) groups excluding carboxylic acids is 1. The zero-order valence-electron chi connectivity index (χ0n) is 15.1. The molecule has 0 spiro atoms. The maximum absolute atomic E-state index is 12.4. The average molecular weight is 354 g/mol. The molecule has 2 aromatic rings. The van der Waals surface area contributed by atoms with Crippen LogP contribution in [-0.2, 0) is 32.2 Å². The summed E-state index contributed by atoms with van der Waals surface area (Å²) in [6, 6.07) is 14.0. The maximum Gasteiger partial charge on any atom is 0.332 e. The lowest BCUT2D eigenvalue weighted by molar-refractivity contribution is -0.141. The first-order chi connectivity index (χ1) is 12.6. The SMILES string of the molecule is COCc1cc(COC)cc(C(Nc2ccc(C#N)cc2)C(=O)OC)c1. The fourth-order valence-corrected chi connectivity index (χ4v) is 2.66. The van der Waals surface area contributed by atoms with Gasteiger partial charge in [-0.2, -0.15) is 5.26 Å². The first kappa shape index (κ1) is 19.4. The molecule has 1 unspecified atom stereocenters. The van der Waals surface area contributed by atoms with Gasteiger partial charge < -0.3 is 19.5 Å². The van der Waals surface area contributed by atoms with Crippen LogP contribution < -0.4 is 5.32 Å². The van der Waals surface area contributed by atoms with Gasteiger partial charge in [-0.25, -0.2) is 4.79 Å². The second kappa shape index (κ2) is 9.56. The van der Waals surface area contributed by atoms with Gasteiger partial charge in [0.15, 0.2) is 6.04 Å². The van der Waals surface area contributed by atoms with E-state index in [9.17, 15) is 4.79 Å². The molecule has 0 heterocycles. The fraction of sp³-hybridized carbons (Fsp3) is 0.300. The van der Waals surface area contributed by atoms with Crippen molar-refractivity contribution in [2.75, 3.05) is 26.6 Å². The van der Waals surface area contributed by atoms with Gasteiger partial charge in [0.2, 0.25) is 0 Å². The van der Waals surface area contributed by atoms with Gasteiger partial charge in [0.05, 0.1) is 32.0 Å². The number of anilines is 1. The highest BCUT2D eigenvalue weighted by molar-refractivity contribution is 5.81. The summed E-state index contributed by atoms with van der Waals surface area (Å²) in [5, 5.41) is 12.1. The average Bonchev–Trinajstić information content (AvgIpc) is 2.66. The Morgan fingerprint density at radius 3 is 2.08 bits per heavy atom. The zero-order valence-corrected chi connectivity index (χ0v) is 15.1. The van der Waals surface area contributed by atoms with Gasteiger partial charge in [0, 0.05) is 19.9 Å². The van der Waals surface area contributed by atoms with Crippen LogP contribution in [0.3, 0.4) is 0 Å². The van der Waals surface area contributed by atoms with Crippen LogP contribution >= 0.6 is 0 Å². The number of methoxy groups -OCH3 is 3. The maximum atomic E-state index is 12.4. The number of nitriles is 1. The van der Waals surface area contributed by atoms with Gasteiger partial charge in [-0.05, 0) is 41.0 Å². The molecule has 6 heteroatoms. The normalized spacial score (nSPS) is 11.5. The molecule has 0 radical (unpaired) electrons. The fourth-order valence-electron chi connectivity index (χ4n) is 2.66. The summed E-state index contributed by atoms with van der Waals surface area (Å²) in [6.07, 6.45) is 0. The Morgan fingerprint density at radius 2 is 1.62 bits per heavy atom. The number of carbonyl (C=O) groups is 1. The lowest BCUT2D eigenvalue weighted by atomic mass is 10.00. The van der Waals surface area contributed by atoms with E-state index in [-0.39, 0.29) is 0 Å². The van der Waals surface area contributed by atoms with Gasteiger partial charge in [-0.3, -0.25) is 0 Å². The van der Waals surface area contributed by atoms with E-state index in [2.05, 4.69) is 11.4 Å². The lowest BCUT2D eigenvalue weighted by Gasteiger charge is -2.20. The number of hydrogen-bond acceptors (Lipinski definition) is 6. The summed E-state index contributed by atoms with van der Waals surface area (Å²) >= 11 is 0. The Labute approximate surface area is 153 Å². The standard InChI is InChI=1S/C20H22N2O4/c1-24-12-15-8-16(13-25-2)10-17(9-15)19(20(23)26-3)22-18-6-4-14(11-21)5-7-18/h4-10,19,22H,12-13H2,1-3H3. The van der Waals surface area contributed by atoms with E-state index in [1.54, 1.807) is 38.5 Å². The van der Waals surface area contributed by atoms with Crippen molar-refractivity contribution in [1.82, 2.24) is 0 Å². The highest BCUT2D eigenvalue weighted by Crippen LogP contribution is 2.24. The van der Waals surface area contributed by atoms with Crippen LogP contribution in [0.2, 0.25) is 0 Å². The van der Waals surface area contributed by atoms with E-state index in [0.717, 1.165) is 16.7 Å². The van der Waals surface area contributed by atoms with E-state index in [1.807, 2.05) is 18.2 Å². The van der Waals surface area contributed by atoms with E-state index in [4.69, 9.17) is 19.5 Å². The minimum absolute atomic E-state index is 0.410. The van der Waals surface area contributed by atoms with Crippen LogP contribution in [0.25, 0.3) is 0 Å². The summed E-state index contributed by atoms with van der Waals surface area (Å²) < 4.78 is 15.4. The van der Waals surface area contributed by atoms with Crippen molar-refractivity contribution >= 4 is 11.7 Å². The molecule has 0 aliphatic rings. The summed E-state index contributed by atoms with van der Waals surface area (Å²) in [5.74, 6) is -0.410. The van der Waals surface area contributed by atoms with Crippen molar-refractivity contribution in [1.29, 1.82) is 5.26 Å². The molecular weight excluding hydrogens is 332 g/mol. The topological polar surface area (TPSA) is 80.6 Å². The molecule has 0 aromatic heterocycles. The molecule has 0 aliphatic carbocycles. The van der Waals surface area contributed by atoms with Crippen molar-refractivity contribution in [2.24, 2.45) is 0 Å². The van der Waals surface area contributed by atoms with Gasteiger partial charge in [0.1, 0.15) is 0 Å². The molecule has 2 rings (SSSR count). The van der Waals surface area contributed by atoms with E-state index >= 15 is 0 Å². The minimum atomic E-state index is -0.694. The highest BCUT2D eigenvalue weighted by Gasteiger charge is 2.22. The van der Waals surface area contributed by atoms with Crippen LogP contribution in [0, 0.1) is 11.3 Å². The zero-order chi connectivity index (χ0) is 18.9. The summed E-state index contributed by atoms with van der Waals surface area (Å²) in [5.41, 5.74) is 3.89. The molecule has 0 fully saturated rings. The molecule has 0 amide bonds. The first-order valence-corrected chi connectivity index (χ1v) is 8.06. The quantitative estimate of drug-likeness (QED) is 0.734. The van der Waals surface area contributed by atoms with Crippen molar-refractivity contribution < 1.29 is 19.0 Å². The Morgan fingerprint density at radius 1 is 1.04 bits per heavy atom. The second-order valence-corrected chi connectivity index (χ2v) is 5.74. The predicted molar refractivity (Wildman–Crippen MR) is 97.4 cm³/mol. The molecular formula is C20H22N2O4. The Hall–Kier alpha value is -2.88. The molecule has 2 aromatic carbocycles. The molecule has 6 nitrogen and oxygen atoms in total. The number of benzene rings is 2. The Balaban J connectivity index is 2.38. The smallest absolute Gasteiger partial charge is 0.332 e. The van der Waals surface area contributed by atoms with Gasteiger partial charge in [-0.1, -0.05) is 18.2 Å². The van der Waals surface area contributed by atoms with Crippen LogP contribution in [0.15, 0.2) is 42.5 Å². The number of nitrogens with one attached hydrogen (secondary N) is 1. The monoisotopic (exact) mass is 354 g/mol. The summed E-state index contributed by atoms with van der Waals surface area (Å²) in [4.78, 5) is 12.4. The van der Waals surface area contributed by atoms with Gasteiger partial charge in [-0.15, -0.1) is 0 Å². The predicted octanol–water partition coefficient (Wildman–Crippen LogP) is 3.18. The van der Waals surface area contributed by atoms with Crippen molar-refractivity contribution in [3.8, 4) is 6.07 Å². The van der Waals surface area contributed by atoms with Crippen molar-refractivity contribution in [3.05, 3.63) is 64.7 Å². The molecule has 0 aliphatic heterocycles. The van der Waals surface area contributed by atoms with E-state index < -0.39 is 12.0 Å². The lowest BCUT2D eigenvalue weighted by Crippen LogP contribution is -2.22. The minimum Gasteiger partial charge on any atom is -0.467 e. The molecule has 26 heavy (non-hydrogen) atoms. The molecule has 0 bridgehead atoms. The number of rotatable bonds is 8. The van der Waals surface area contributed by atoms with Gasteiger partial charge >= 0.3 is 5.97 Å². The third-order valence-electron chi connectivity index (χ3n) is 3.79. The van der Waals surface area contributed by atoms with Gasteiger partial charge in [0.25, 0.3) is 0 Å². The number of hydrogen-bond donors (Lipinski definition) is 1. The van der Waals surface area contributed by atoms with E-state index in [1.165, 1.54) is 7.11 Å². The molecule has 1 N–H and O–H groups in total. The summed E-state index contributed by atoms with van der Waals surface area (Å²) in [7, 11) is 4.59. The van der Waals surface area contributed by atoms with Crippen LogP contribution in [-0.4, -0.2) is 27.3 Å². The van der Waals surface area contributed by atoms with Crippen molar-refractivity contribution in [3.63, 3.8) is 0 Å². The molecule has 0 saturated heterocycles. The van der Waals surface area contributed by atoms with E-state index in [0.29, 0.717) is 24.5 Å². The number of ether oxygens (including phenoxy) is 3. The highest BCUT2D eigenvalue weighted by atomic mass is 16.5. The van der Waals surface area contributed by atoms with Crippen LogP contribution in [0.5, 0.6) is 0 Å². The van der Waals surface area contributed by atoms with Crippen molar-refractivity contribution in [2.45, 2.75) is 19.3 Å².